The van der Waals surface area contributed by atoms with Crippen LogP contribution in [0.5, 0.6) is 0 Å². The van der Waals surface area contributed by atoms with Gasteiger partial charge in [0, 0.05) is 49.7 Å². The Bertz CT molecular complexity index is 3800. The summed E-state index contributed by atoms with van der Waals surface area (Å²) in [5.41, 5.74) is 21.2. The summed E-state index contributed by atoms with van der Waals surface area (Å²) in [4.78, 5) is 2.36. The molecule has 0 radical (unpaired) electrons. The van der Waals surface area contributed by atoms with Gasteiger partial charge in [-0.1, -0.05) is 166 Å². The van der Waals surface area contributed by atoms with Crippen LogP contribution in [0.2, 0.25) is 0 Å². The number of para-hydroxylation sites is 2. The van der Waals surface area contributed by atoms with E-state index in [1.54, 1.807) is 0 Å². The Balaban J connectivity index is 0.845. The Morgan fingerprint density at radius 1 is 0.364 bits per heavy atom. The van der Waals surface area contributed by atoms with Crippen molar-refractivity contribution in [3.8, 4) is 50.2 Å². The Hall–Kier alpha value is -8.40. The molecule has 13 rings (SSSR count). The summed E-state index contributed by atoms with van der Waals surface area (Å²) in [6.07, 6.45) is 0. The average Bonchev–Trinajstić information content (AvgIpc) is 4.00. The van der Waals surface area contributed by atoms with Gasteiger partial charge in [-0.25, -0.2) is 0 Å². The van der Waals surface area contributed by atoms with Crippen molar-refractivity contribution < 1.29 is 4.42 Å². The van der Waals surface area contributed by atoms with Crippen LogP contribution < -0.4 is 4.90 Å². The molecule has 12 aromatic rings. The molecule has 0 spiro atoms. The van der Waals surface area contributed by atoms with Gasteiger partial charge in [-0.15, -0.1) is 0 Å². The molecular weight excluding hydrogens is 801 g/mol. The molecule has 0 amide bonds. The fraction of sp³-hybridized carbons (Fsp3) is 0.0476. The standard InChI is InChI=1S/C63H44N2O/c1-63(2)55-17-9-6-14-51(55)52-37-28-46(40-56(52)63)45-26-33-49(34-27-45)64(47-29-20-42(21-30-47)41-12-4-3-5-13-41)48-31-22-43(23-32-48)44-24-35-50(36-25-44)65-57-18-10-7-15-53(57)61-58(65)38-39-60-62(61)54-16-8-11-19-59(54)66-60/h3-40H,1-2H3. The zero-order valence-corrected chi connectivity index (χ0v) is 36.7. The molecule has 66 heavy (non-hydrogen) atoms. The Morgan fingerprint density at radius 2 is 0.879 bits per heavy atom. The third-order valence-electron chi connectivity index (χ3n) is 14.0. The van der Waals surface area contributed by atoms with E-state index in [0.29, 0.717) is 0 Å². The van der Waals surface area contributed by atoms with Crippen LogP contribution in [0.1, 0.15) is 25.0 Å². The number of rotatable bonds is 7. The first-order valence-corrected chi connectivity index (χ1v) is 22.8. The molecular formula is C63H44N2O. The Labute approximate surface area is 384 Å². The lowest BCUT2D eigenvalue weighted by Gasteiger charge is -2.26. The third kappa shape index (κ3) is 5.97. The molecule has 0 unspecified atom stereocenters. The first-order chi connectivity index (χ1) is 32.5. The van der Waals surface area contributed by atoms with Crippen LogP contribution in [0.25, 0.3) is 93.9 Å². The van der Waals surface area contributed by atoms with Gasteiger partial charge >= 0.3 is 0 Å². The summed E-state index contributed by atoms with van der Waals surface area (Å²) < 4.78 is 8.70. The van der Waals surface area contributed by atoms with Crippen LogP contribution >= 0.6 is 0 Å². The highest BCUT2D eigenvalue weighted by Crippen LogP contribution is 2.50. The van der Waals surface area contributed by atoms with Crippen molar-refractivity contribution in [2.45, 2.75) is 19.3 Å². The van der Waals surface area contributed by atoms with Crippen LogP contribution in [0.15, 0.2) is 235 Å². The second-order valence-corrected chi connectivity index (χ2v) is 18.1. The lowest BCUT2D eigenvalue weighted by atomic mass is 9.81. The molecule has 312 valence electrons. The van der Waals surface area contributed by atoms with Crippen molar-refractivity contribution >= 4 is 60.8 Å². The fourth-order valence-electron chi connectivity index (χ4n) is 10.7. The summed E-state index contributed by atoms with van der Waals surface area (Å²) in [5.74, 6) is 0. The number of furan rings is 1. The highest BCUT2D eigenvalue weighted by atomic mass is 16.3. The molecule has 0 fully saturated rings. The van der Waals surface area contributed by atoms with Gasteiger partial charge in [0.15, 0.2) is 0 Å². The van der Waals surface area contributed by atoms with E-state index >= 15 is 0 Å². The number of hydrogen-bond acceptors (Lipinski definition) is 2. The van der Waals surface area contributed by atoms with E-state index in [1.807, 2.05) is 6.07 Å². The van der Waals surface area contributed by atoms with Crippen LogP contribution in [-0.4, -0.2) is 4.57 Å². The van der Waals surface area contributed by atoms with Crippen molar-refractivity contribution in [1.29, 1.82) is 0 Å². The van der Waals surface area contributed by atoms with E-state index in [-0.39, 0.29) is 5.41 Å². The molecule has 1 aliphatic rings. The maximum atomic E-state index is 6.32. The minimum atomic E-state index is -0.0462. The molecule has 2 aromatic heterocycles. The summed E-state index contributed by atoms with van der Waals surface area (Å²) in [7, 11) is 0. The maximum absolute atomic E-state index is 6.32. The molecule has 0 atom stereocenters. The molecule has 0 saturated carbocycles. The second-order valence-electron chi connectivity index (χ2n) is 18.1. The van der Waals surface area contributed by atoms with Crippen LogP contribution in [-0.2, 0) is 5.41 Å². The molecule has 2 heterocycles. The quantitative estimate of drug-likeness (QED) is 0.159. The largest absolute Gasteiger partial charge is 0.456 e. The number of anilines is 3. The second kappa shape index (κ2) is 14.8. The molecule has 3 nitrogen and oxygen atoms in total. The van der Waals surface area contributed by atoms with Gasteiger partial charge in [0.2, 0.25) is 0 Å². The monoisotopic (exact) mass is 844 g/mol. The predicted octanol–water partition coefficient (Wildman–Crippen LogP) is 17.5. The van der Waals surface area contributed by atoms with Crippen molar-refractivity contribution in [2.24, 2.45) is 0 Å². The number of nitrogens with zero attached hydrogens (tertiary/aromatic N) is 2. The SMILES string of the molecule is CC1(C)c2ccccc2-c2ccc(-c3ccc(N(c4ccc(-c5ccccc5)cc4)c4ccc(-c5ccc(-n6c7ccccc7c7c8c(ccc76)oc6ccccc68)cc5)cc4)cc3)cc21. The van der Waals surface area contributed by atoms with Crippen LogP contribution in [0.3, 0.4) is 0 Å². The molecule has 0 saturated heterocycles. The minimum absolute atomic E-state index is 0.0462. The van der Waals surface area contributed by atoms with Crippen molar-refractivity contribution in [2.75, 3.05) is 4.90 Å². The topological polar surface area (TPSA) is 21.3 Å². The zero-order chi connectivity index (χ0) is 43.9. The highest BCUT2D eigenvalue weighted by Gasteiger charge is 2.35. The van der Waals surface area contributed by atoms with Crippen molar-refractivity contribution in [1.82, 2.24) is 4.57 Å². The number of aromatic nitrogens is 1. The fourth-order valence-corrected chi connectivity index (χ4v) is 10.7. The van der Waals surface area contributed by atoms with E-state index in [4.69, 9.17) is 4.42 Å². The van der Waals surface area contributed by atoms with E-state index < -0.39 is 0 Å². The molecule has 0 bridgehead atoms. The molecule has 3 heteroatoms. The van der Waals surface area contributed by atoms with Gasteiger partial charge in [0.05, 0.1) is 11.0 Å². The molecule has 1 aliphatic carbocycles. The first-order valence-electron chi connectivity index (χ1n) is 22.8. The van der Waals surface area contributed by atoms with Gasteiger partial charge in [0.25, 0.3) is 0 Å². The van der Waals surface area contributed by atoms with E-state index in [0.717, 1.165) is 50.4 Å². The minimum Gasteiger partial charge on any atom is -0.456 e. The smallest absolute Gasteiger partial charge is 0.136 e. The Morgan fingerprint density at radius 3 is 1.56 bits per heavy atom. The van der Waals surface area contributed by atoms with E-state index in [9.17, 15) is 0 Å². The molecule has 0 aliphatic heterocycles. The number of hydrogen-bond donors (Lipinski definition) is 0. The zero-order valence-electron chi connectivity index (χ0n) is 36.7. The third-order valence-corrected chi connectivity index (χ3v) is 14.0. The lowest BCUT2D eigenvalue weighted by molar-refractivity contribution is 0.660. The average molecular weight is 845 g/mol. The summed E-state index contributed by atoms with van der Waals surface area (Å²) in [6.45, 7) is 4.69. The predicted molar refractivity (Wildman–Crippen MR) is 277 cm³/mol. The van der Waals surface area contributed by atoms with Crippen molar-refractivity contribution in [3.63, 3.8) is 0 Å². The first kappa shape index (κ1) is 38.1. The van der Waals surface area contributed by atoms with Gasteiger partial charge in [-0.2, -0.15) is 0 Å². The lowest BCUT2D eigenvalue weighted by Crippen LogP contribution is -2.14. The van der Waals surface area contributed by atoms with Gasteiger partial charge in [-0.05, 0) is 134 Å². The molecule has 10 aromatic carbocycles. The maximum Gasteiger partial charge on any atom is 0.136 e. The van der Waals surface area contributed by atoms with Crippen LogP contribution in [0.4, 0.5) is 17.1 Å². The number of benzene rings is 10. The van der Waals surface area contributed by atoms with Gasteiger partial charge < -0.3 is 13.9 Å². The summed E-state index contributed by atoms with van der Waals surface area (Å²) in [6, 6.07) is 83.7. The van der Waals surface area contributed by atoms with E-state index in [1.165, 1.54) is 71.7 Å². The van der Waals surface area contributed by atoms with Crippen LogP contribution in [0, 0.1) is 0 Å². The van der Waals surface area contributed by atoms with Crippen molar-refractivity contribution in [3.05, 3.63) is 242 Å². The number of fused-ring (bicyclic) bond motifs is 10. The normalized spacial score (nSPS) is 12.8. The highest BCUT2D eigenvalue weighted by molar-refractivity contribution is 6.27. The molecule has 0 N–H and O–H groups in total. The summed E-state index contributed by atoms with van der Waals surface area (Å²) >= 11 is 0. The van der Waals surface area contributed by atoms with Gasteiger partial charge in [0.1, 0.15) is 11.2 Å². The van der Waals surface area contributed by atoms with E-state index in [2.05, 4.69) is 248 Å². The summed E-state index contributed by atoms with van der Waals surface area (Å²) in [5, 5.41) is 4.75. The Kier molecular flexibility index (Phi) is 8.56. The van der Waals surface area contributed by atoms with Gasteiger partial charge in [-0.3, -0.25) is 0 Å².